The van der Waals surface area contributed by atoms with Gasteiger partial charge in [-0.25, -0.2) is 4.57 Å². The van der Waals surface area contributed by atoms with Crippen molar-refractivity contribution < 1.29 is 37.6 Å². The third-order valence-corrected chi connectivity index (χ3v) is 12.3. The number of hydrogen-bond acceptors (Lipinski definition) is 8. The van der Waals surface area contributed by atoms with Crippen molar-refractivity contribution in [2.24, 2.45) is 5.73 Å². The molecule has 0 aromatic carbocycles. The van der Waals surface area contributed by atoms with Crippen molar-refractivity contribution in [3.63, 3.8) is 0 Å². The van der Waals surface area contributed by atoms with E-state index in [0.717, 1.165) is 135 Å². The van der Waals surface area contributed by atoms with Gasteiger partial charge in [-0.05, 0) is 135 Å². The molecule has 0 radical (unpaired) electrons. The molecule has 0 aliphatic carbocycles. The van der Waals surface area contributed by atoms with Crippen LogP contribution in [0.5, 0.6) is 0 Å². The Balaban J connectivity index is 4.17. The van der Waals surface area contributed by atoms with Gasteiger partial charge in [-0.2, -0.15) is 0 Å². The van der Waals surface area contributed by atoms with E-state index in [9.17, 15) is 19.0 Å². The van der Waals surface area contributed by atoms with Gasteiger partial charge in [0.15, 0.2) is 6.10 Å². The first-order chi connectivity index (χ1) is 37.8. The minimum Gasteiger partial charge on any atom is -0.462 e. The smallest absolute Gasteiger partial charge is 0.462 e. The van der Waals surface area contributed by atoms with Crippen LogP contribution in [0.4, 0.5) is 0 Å². The Labute approximate surface area is 469 Å². The van der Waals surface area contributed by atoms with E-state index >= 15 is 0 Å². The highest BCUT2D eigenvalue weighted by atomic mass is 31.2. The number of nitrogens with two attached hydrogens (primary N) is 1. The van der Waals surface area contributed by atoms with E-state index in [-0.39, 0.29) is 32.6 Å². The van der Waals surface area contributed by atoms with Crippen LogP contribution in [0, 0.1) is 0 Å². The summed E-state index contributed by atoms with van der Waals surface area (Å²) in [5, 5.41) is 0. The average Bonchev–Trinajstić information content (AvgIpc) is 3.42. The number of carbonyl (C=O) groups excluding carboxylic acids is 2. The first-order valence-corrected chi connectivity index (χ1v) is 30.8. The molecule has 0 aliphatic rings. The van der Waals surface area contributed by atoms with E-state index in [1.54, 1.807) is 0 Å². The van der Waals surface area contributed by atoms with Gasteiger partial charge in [0.25, 0.3) is 0 Å². The zero-order valence-electron chi connectivity index (χ0n) is 47.9. The lowest BCUT2D eigenvalue weighted by Gasteiger charge is -2.19. The molecule has 0 amide bonds. The number of phosphoric acid groups is 1. The second kappa shape index (κ2) is 60.3. The Morgan fingerprint density at radius 3 is 1.03 bits per heavy atom. The lowest BCUT2D eigenvalue weighted by atomic mass is 10.1. The molecule has 0 spiro atoms. The molecule has 77 heavy (non-hydrogen) atoms. The maximum absolute atomic E-state index is 12.7. The van der Waals surface area contributed by atoms with Crippen LogP contribution in [0.2, 0.25) is 0 Å². The fraction of sp³-hybridized carbons (Fsp3) is 0.522. The summed E-state index contributed by atoms with van der Waals surface area (Å²) in [5.74, 6) is -0.910. The van der Waals surface area contributed by atoms with Gasteiger partial charge in [0.05, 0.1) is 13.2 Å². The van der Waals surface area contributed by atoms with Crippen LogP contribution in [-0.2, 0) is 32.7 Å². The Morgan fingerprint density at radius 1 is 0.390 bits per heavy atom. The van der Waals surface area contributed by atoms with Crippen molar-refractivity contribution in [2.45, 2.75) is 200 Å². The van der Waals surface area contributed by atoms with Crippen molar-refractivity contribution in [3.05, 3.63) is 182 Å². The number of esters is 2. The predicted octanol–water partition coefficient (Wildman–Crippen LogP) is 18.8. The number of ether oxygens (including phenoxy) is 2. The largest absolute Gasteiger partial charge is 0.472 e. The van der Waals surface area contributed by atoms with Crippen molar-refractivity contribution in [2.75, 3.05) is 26.4 Å². The zero-order chi connectivity index (χ0) is 55.9. The molecule has 3 N–H and O–H groups in total. The number of allylic oxidation sites excluding steroid dienone is 30. The predicted molar refractivity (Wildman–Crippen MR) is 329 cm³/mol. The number of carbonyl (C=O) groups is 2. The van der Waals surface area contributed by atoms with Crippen molar-refractivity contribution in [3.8, 4) is 0 Å². The summed E-state index contributed by atoms with van der Waals surface area (Å²) in [6.07, 6.45) is 90.8. The number of phosphoric ester groups is 1. The fourth-order valence-corrected chi connectivity index (χ4v) is 7.81. The first kappa shape index (κ1) is 72.1. The minimum atomic E-state index is -4.42. The molecule has 0 aliphatic heterocycles. The summed E-state index contributed by atoms with van der Waals surface area (Å²) < 4.78 is 33.0. The van der Waals surface area contributed by atoms with E-state index in [1.807, 2.05) is 0 Å². The lowest BCUT2D eigenvalue weighted by molar-refractivity contribution is -0.161. The van der Waals surface area contributed by atoms with Crippen LogP contribution in [0.1, 0.15) is 194 Å². The maximum atomic E-state index is 12.7. The maximum Gasteiger partial charge on any atom is 0.472 e. The SMILES string of the molecule is CC/C=C\C/C=C\C/C=C\C/C=C\C/C=C\C/C=C\C/C=C\C/C=C\CCCCC(=O)OC(COC(=O)CCCCCCCCC/C=C\C/C=C\C/C=C\C/C=C\C/C=C\C/C=C\C/C=C\CC)COP(=O)(O)OCCN. The van der Waals surface area contributed by atoms with Gasteiger partial charge in [-0.3, -0.25) is 18.6 Å². The van der Waals surface area contributed by atoms with Crippen LogP contribution >= 0.6 is 7.82 Å². The van der Waals surface area contributed by atoms with Crippen LogP contribution in [-0.4, -0.2) is 49.3 Å². The molecular formula is C67H104NO8P. The summed E-state index contributed by atoms with van der Waals surface area (Å²) in [6.45, 7) is 3.42. The van der Waals surface area contributed by atoms with Gasteiger partial charge in [0.1, 0.15) is 6.61 Å². The van der Waals surface area contributed by atoms with Gasteiger partial charge < -0.3 is 20.1 Å². The summed E-state index contributed by atoms with van der Waals surface area (Å²) in [6, 6.07) is 0. The van der Waals surface area contributed by atoms with Gasteiger partial charge in [0, 0.05) is 19.4 Å². The van der Waals surface area contributed by atoms with Gasteiger partial charge in [-0.1, -0.05) is 228 Å². The molecule has 0 bridgehead atoms. The van der Waals surface area contributed by atoms with E-state index < -0.39 is 32.5 Å². The Kier molecular flexibility index (Phi) is 56.5. The first-order valence-electron chi connectivity index (χ1n) is 29.3. The molecule has 0 saturated carbocycles. The molecule has 10 heteroatoms. The van der Waals surface area contributed by atoms with Crippen LogP contribution < -0.4 is 5.73 Å². The molecule has 430 valence electrons. The topological polar surface area (TPSA) is 134 Å². The molecule has 0 fully saturated rings. The van der Waals surface area contributed by atoms with Crippen LogP contribution in [0.3, 0.4) is 0 Å². The molecule has 0 heterocycles. The Bertz CT molecular complexity index is 1910. The Morgan fingerprint density at radius 2 is 0.675 bits per heavy atom. The summed E-state index contributed by atoms with van der Waals surface area (Å²) in [5.41, 5.74) is 5.38. The average molecular weight is 1080 g/mol. The molecule has 9 nitrogen and oxygen atoms in total. The lowest BCUT2D eigenvalue weighted by Crippen LogP contribution is -2.29. The summed E-state index contributed by atoms with van der Waals surface area (Å²) in [7, 11) is -4.42. The summed E-state index contributed by atoms with van der Waals surface area (Å²) in [4.78, 5) is 35.2. The molecule has 2 unspecified atom stereocenters. The molecule has 0 aromatic heterocycles. The highest BCUT2D eigenvalue weighted by Gasteiger charge is 2.26. The molecule has 0 saturated heterocycles. The number of hydrogen-bond donors (Lipinski definition) is 2. The standard InChI is InChI=1S/C67H104NO8P/c1-3-5-7-9-11-13-15-17-19-21-23-25-27-29-31-32-34-35-37-39-41-43-45-47-49-51-53-55-57-59-66(69)73-63-65(64-75-77(71,72)74-62-61-68)76-67(70)60-58-56-54-52-50-48-46-44-42-40-38-36-33-30-28-26-24-22-20-18-16-14-12-10-8-6-4-2/h5-8,11-14,17-20,23-26,29-31,33-35,38-41,44,46,50,52,65H,3-4,9-10,15-16,21-22,27-28,32,36-37,42-43,45,47-49,51,53-64,68H2,1-2H3,(H,71,72)/b7-5-,8-6-,13-11-,14-12-,19-17-,20-18-,25-23-,26-24-,31-29-,33-30-,35-34-,40-38-,41-39-,46-44-,52-50-. The normalized spacial score (nSPS) is 14.4. The minimum absolute atomic E-state index is 0.0331. The number of rotatable bonds is 52. The second-order valence-electron chi connectivity index (χ2n) is 18.4. The van der Waals surface area contributed by atoms with Crippen molar-refractivity contribution in [1.29, 1.82) is 0 Å². The van der Waals surface area contributed by atoms with Crippen LogP contribution in [0.25, 0.3) is 0 Å². The Hall–Kier alpha value is -4.89. The third kappa shape index (κ3) is 60.2. The molecule has 0 rings (SSSR count). The highest BCUT2D eigenvalue weighted by molar-refractivity contribution is 7.47. The van der Waals surface area contributed by atoms with E-state index in [0.29, 0.717) is 12.8 Å². The molecule has 0 aromatic rings. The quantitative estimate of drug-likeness (QED) is 0.0264. The number of unbranched alkanes of at least 4 members (excludes halogenated alkanes) is 9. The van der Waals surface area contributed by atoms with Gasteiger partial charge >= 0.3 is 19.8 Å². The van der Waals surface area contributed by atoms with Gasteiger partial charge in [0.2, 0.25) is 0 Å². The van der Waals surface area contributed by atoms with E-state index in [2.05, 4.69) is 196 Å². The second-order valence-corrected chi connectivity index (χ2v) is 19.8. The van der Waals surface area contributed by atoms with E-state index in [1.165, 1.54) is 19.3 Å². The van der Waals surface area contributed by atoms with E-state index in [4.69, 9.17) is 24.3 Å². The fourth-order valence-electron chi connectivity index (χ4n) is 7.04. The van der Waals surface area contributed by atoms with Crippen molar-refractivity contribution >= 4 is 19.8 Å². The highest BCUT2D eigenvalue weighted by Crippen LogP contribution is 2.43. The third-order valence-electron chi connectivity index (χ3n) is 11.3. The summed E-state index contributed by atoms with van der Waals surface area (Å²) >= 11 is 0. The van der Waals surface area contributed by atoms with Crippen molar-refractivity contribution in [1.82, 2.24) is 0 Å². The monoisotopic (exact) mass is 1080 g/mol. The zero-order valence-corrected chi connectivity index (χ0v) is 48.7. The molecular weight excluding hydrogens is 978 g/mol. The van der Waals surface area contributed by atoms with Gasteiger partial charge in [-0.15, -0.1) is 0 Å². The van der Waals surface area contributed by atoms with Crippen LogP contribution in [0.15, 0.2) is 182 Å². The molecule has 2 atom stereocenters.